The van der Waals surface area contributed by atoms with Gasteiger partial charge in [0.05, 0.1) is 6.04 Å². The maximum absolute atomic E-state index is 11.3. The van der Waals surface area contributed by atoms with Gasteiger partial charge in [0.2, 0.25) is 5.91 Å². The summed E-state index contributed by atoms with van der Waals surface area (Å²) in [6.45, 7) is 2.57. The van der Waals surface area contributed by atoms with Gasteiger partial charge >= 0.3 is 0 Å². The third kappa shape index (κ3) is 3.87. The minimum Gasteiger partial charge on any atom is -0.358 e. The summed E-state index contributed by atoms with van der Waals surface area (Å²) in [4.78, 5) is 12.5. The third-order valence-corrected chi connectivity index (χ3v) is 3.15. The molecule has 0 aliphatic heterocycles. The van der Waals surface area contributed by atoms with E-state index in [4.69, 9.17) is 0 Å². The molecule has 0 heterocycles. The summed E-state index contributed by atoms with van der Waals surface area (Å²) in [7, 11) is 1.65. The molecule has 16 heavy (non-hydrogen) atoms. The van der Waals surface area contributed by atoms with Gasteiger partial charge in [0, 0.05) is 18.5 Å². The van der Waals surface area contributed by atoms with Crippen molar-refractivity contribution in [1.29, 1.82) is 0 Å². The van der Waals surface area contributed by atoms with Gasteiger partial charge in [0.1, 0.15) is 0 Å². The summed E-state index contributed by atoms with van der Waals surface area (Å²) in [5.41, 5.74) is 1.19. The van der Waals surface area contributed by atoms with Crippen molar-refractivity contribution < 1.29 is 4.79 Å². The molecule has 3 nitrogen and oxygen atoms in total. The highest BCUT2D eigenvalue weighted by molar-refractivity contribution is 7.98. The van der Waals surface area contributed by atoms with Gasteiger partial charge in [-0.25, -0.2) is 0 Å². The molecule has 4 heteroatoms. The van der Waals surface area contributed by atoms with Gasteiger partial charge in [0.25, 0.3) is 0 Å². The average molecular weight is 238 g/mol. The number of likely N-dealkylation sites (N-methyl/N-ethyl adjacent to an activating group) is 1. The van der Waals surface area contributed by atoms with Gasteiger partial charge in [-0.2, -0.15) is 0 Å². The second kappa shape index (κ2) is 6.55. The first-order chi connectivity index (χ1) is 7.67. The monoisotopic (exact) mass is 238 g/mol. The van der Waals surface area contributed by atoms with Crippen LogP contribution in [-0.2, 0) is 11.3 Å². The highest BCUT2D eigenvalue weighted by atomic mass is 32.2. The van der Waals surface area contributed by atoms with Crippen LogP contribution in [0.1, 0.15) is 12.5 Å². The smallest absolute Gasteiger partial charge is 0.236 e. The summed E-state index contributed by atoms with van der Waals surface area (Å²) in [5.74, 6) is 0.0146. The molecule has 0 radical (unpaired) electrons. The second-order valence-corrected chi connectivity index (χ2v) is 4.44. The Labute approximate surface area is 101 Å². The molecule has 1 amide bonds. The fourth-order valence-corrected chi connectivity index (χ4v) is 1.73. The lowest BCUT2D eigenvalue weighted by molar-refractivity contribution is -0.122. The molecular weight excluding hydrogens is 220 g/mol. The van der Waals surface area contributed by atoms with Crippen LogP contribution >= 0.6 is 11.8 Å². The molecule has 0 saturated carbocycles. The zero-order chi connectivity index (χ0) is 12.0. The minimum absolute atomic E-state index is 0.0146. The van der Waals surface area contributed by atoms with Crippen LogP contribution in [0.5, 0.6) is 0 Å². The largest absolute Gasteiger partial charge is 0.358 e. The molecule has 1 unspecified atom stereocenters. The van der Waals surface area contributed by atoms with Crippen molar-refractivity contribution >= 4 is 17.7 Å². The standard InChI is InChI=1S/C12H18N2OS/c1-9(12(15)13-2)14-8-10-4-6-11(16-3)7-5-10/h4-7,9,14H,8H2,1-3H3,(H,13,15). The number of carbonyl (C=O) groups excluding carboxylic acids is 1. The van der Waals surface area contributed by atoms with Crippen molar-refractivity contribution in [3.8, 4) is 0 Å². The van der Waals surface area contributed by atoms with Gasteiger partial charge in [0.15, 0.2) is 0 Å². The summed E-state index contributed by atoms with van der Waals surface area (Å²) in [5, 5.41) is 5.78. The van der Waals surface area contributed by atoms with E-state index >= 15 is 0 Å². The molecule has 1 aromatic rings. The zero-order valence-electron chi connectivity index (χ0n) is 9.91. The van der Waals surface area contributed by atoms with Crippen LogP contribution in [0.4, 0.5) is 0 Å². The van der Waals surface area contributed by atoms with Crippen molar-refractivity contribution in [2.24, 2.45) is 0 Å². The number of hydrogen-bond donors (Lipinski definition) is 2. The van der Waals surface area contributed by atoms with E-state index in [-0.39, 0.29) is 11.9 Å². The van der Waals surface area contributed by atoms with Crippen molar-refractivity contribution in [2.75, 3.05) is 13.3 Å². The van der Waals surface area contributed by atoms with Crippen LogP contribution in [0.15, 0.2) is 29.2 Å². The summed E-state index contributed by atoms with van der Waals surface area (Å²) in [6.07, 6.45) is 2.06. The Morgan fingerprint density at radius 3 is 2.50 bits per heavy atom. The summed E-state index contributed by atoms with van der Waals surface area (Å²) >= 11 is 1.73. The van der Waals surface area contributed by atoms with E-state index < -0.39 is 0 Å². The molecule has 0 fully saturated rings. The quantitative estimate of drug-likeness (QED) is 0.766. The summed E-state index contributed by atoms with van der Waals surface area (Å²) < 4.78 is 0. The number of carbonyl (C=O) groups is 1. The maximum atomic E-state index is 11.3. The van der Waals surface area contributed by atoms with Crippen molar-refractivity contribution in [1.82, 2.24) is 10.6 Å². The highest BCUT2D eigenvalue weighted by Crippen LogP contribution is 2.14. The number of hydrogen-bond acceptors (Lipinski definition) is 3. The molecule has 2 N–H and O–H groups in total. The van der Waals surface area contributed by atoms with Crippen LogP contribution in [0.3, 0.4) is 0 Å². The van der Waals surface area contributed by atoms with Gasteiger partial charge in [-0.1, -0.05) is 12.1 Å². The number of thioether (sulfide) groups is 1. The van der Waals surface area contributed by atoms with Crippen LogP contribution in [0.25, 0.3) is 0 Å². The zero-order valence-corrected chi connectivity index (χ0v) is 10.7. The molecule has 0 bridgehead atoms. The predicted molar refractivity (Wildman–Crippen MR) is 68.6 cm³/mol. The van der Waals surface area contributed by atoms with Gasteiger partial charge in [-0.05, 0) is 30.9 Å². The molecule has 0 spiro atoms. The first-order valence-corrected chi connectivity index (χ1v) is 6.47. The molecule has 0 saturated heterocycles. The van der Waals surface area contributed by atoms with Gasteiger partial charge < -0.3 is 10.6 Å². The lowest BCUT2D eigenvalue weighted by atomic mass is 10.2. The highest BCUT2D eigenvalue weighted by Gasteiger charge is 2.09. The van der Waals surface area contributed by atoms with E-state index in [0.717, 1.165) is 0 Å². The maximum Gasteiger partial charge on any atom is 0.236 e. The molecule has 1 atom stereocenters. The Bertz CT molecular complexity index is 337. The first-order valence-electron chi connectivity index (χ1n) is 5.25. The molecule has 0 aliphatic carbocycles. The molecular formula is C12H18N2OS. The van der Waals surface area contributed by atoms with Crippen LogP contribution in [0, 0.1) is 0 Å². The predicted octanol–water partition coefficient (Wildman–Crippen LogP) is 1.63. The lowest BCUT2D eigenvalue weighted by Crippen LogP contribution is -2.40. The normalized spacial score (nSPS) is 12.2. The van der Waals surface area contributed by atoms with Gasteiger partial charge in [-0.15, -0.1) is 11.8 Å². The topological polar surface area (TPSA) is 41.1 Å². The molecule has 1 aromatic carbocycles. The third-order valence-electron chi connectivity index (χ3n) is 2.41. The Kier molecular flexibility index (Phi) is 5.35. The van der Waals surface area contributed by atoms with E-state index in [1.54, 1.807) is 18.8 Å². The average Bonchev–Trinajstić information content (AvgIpc) is 2.35. The number of benzene rings is 1. The van der Waals surface area contributed by atoms with Crippen molar-refractivity contribution in [2.45, 2.75) is 24.4 Å². The molecule has 0 aromatic heterocycles. The second-order valence-electron chi connectivity index (χ2n) is 3.56. The van der Waals surface area contributed by atoms with E-state index in [9.17, 15) is 4.79 Å². The van der Waals surface area contributed by atoms with Crippen LogP contribution in [-0.4, -0.2) is 25.3 Å². The fourth-order valence-electron chi connectivity index (χ4n) is 1.32. The molecule has 0 aliphatic rings. The van der Waals surface area contributed by atoms with Crippen LogP contribution < -0.4 is 10.6 Å². The lowest BCUT2D eigenvalue weighted by Gasteiger charge is -2.12. The van der Waals surface area contributed by atoms with Crippen molar-refractivity contribution in [3.05, 3.63) is 29.8 Å². The summed E-state index contributed by atoms with van der Waals surface area (Å²) in [6, 6.07) is 8.17. The SMILES string of the molecule is CNC(=O)C(C)NCc1ccc(SC)cc1. The molecule has 88 valence electrons. The Morgan fingerprint density at radius 1 is 1.38 bits per heavy atom. The van der Waals surface area contributed by atoms with Crippen LogP contribution in [0.2, 0.25) is 0 Å². The Hall–Kier alpha value is -1.00. The fraction of sp³-hybridized carbons (Fsp3) is 0.417. The van der Waals surface area contributed by atoms with E-state index in [2.05, 4.69) is 41.2 Å². The first kappa shape index (κ1) is 13.1. The van der Waals surface area contributed by atoms with E-state index in [1.807, 2.05) is 6.92 Å². The van der Waals surface area contributed by atoms with E-state index in [1.165, 1.54) is 10.5 Å². The van der Waals surface area contributed by atoms with Gasteiger partial charge in [-0.3, -0.25) is 4.79 Å². The minimum atomic E-state index is -0.162. The van der Waals surface area contributed by atoms with Crippen molar-refractivity contribution in [3.63, 3.8) is 0 Å². The number of nitrogens with one attached hydrogen (secondary N) is 2. The number of rotatable bonds is 5. The molecule has 1 rings (SSSR count). The Balaban J connectivity index is 2.45. The number of amides is 1. The Morgan fingerprint density at radius 2 is 2.00 bits per heavy atom. The van der Waals surface area contributed by atoms with E-state index in [0.29, 0.717) is 6.54 Å².